The van der Waals surface area contributed by atoms with Crippen LogP contribution in [0.3, 0.4) is 0 Å². The van der Waals surface area contributed by atoms with Crippen molar-refractivity contribution in [3.05, 3.63) is 51.0 Å². The Labute approximate surface area is 118 Å². The minimum absolute atomic E-state index is 0.106. The summed E-state index contributed by atoms with van der Waals surface area (Å²) < 4.78 is 39.3. The summed E-state index contributed by atoms with van der Waals surface area (Å²) in [6, 6.07) is 4.70. The van der Waals surface area contributed by atoms with Crippen molar-refractivity contribution < 1.29 is 13.2 Å². The number of hydrazine groups is 1. The number of thiazole rings is 1. The third-order valence-electron chi connectivity index (χ3n) is 2.95. The van der Waals surface area contributed by atoms with Gasteiger partial charge in [0.1, 0.15) is 0 Å². The second kappa shape index (κ2) is 5.51. The van der Waals surface area contributed by atoms with E-state index in [0.717, 1.165) is 11.1 Å². The monoisotopic (exact) mass is 301 g/mol. The van der Waals surface area contributed by atoms with Crippen LogP contribution in [0.1, 0.15) is 32.7 Å². The quantitative estimate of drug-likeness (QED) is 0.675. The van der Waals surface area contributed by atoms with Crippen LogP contribution in [0, 0.1) is 13.8 Å². The molecule has 1 aromatic carbocycles. The second-order valence-corrected chi connectivity index (χ2v) is 5.60. The summed E-state index contributed by atoms with van der Waals surface area (Å²) in [5.41, 5.74) is 2.58. The lowest BCUT2D eigenvalue weighted by molar-refractivity contribution is -0.138. The first-order valence-corrected chi connectivity index (χ1v) is 6.72. The first kappa shape index (κ1) is 15.0. The highest BCUT2D eigenvalue weighted by Gasteiger charge is 2.35. The summed E-state index contributed by atoms with van der Waals surface area (Å²) >= 11 is 1.34. The molecule has 20 heavy (non-hydrogen) atoms. The Kier molecular flexibility index (Phi) is 4.12. The largest absolute Gasteiger partial charge is 0.416 e. The number of aryl methyl sites for hydroxylation is 2. The van der Waals surface area contributed by atoms with E-state index in [1.54, 1.807) is 13.0 Å². The molecule has 0 radical (unpaired) electrons. The van der Waals surface area contributed by atoms with Crippen molar-refractivity contribution in [1.82, 2.24) is 10.4 Å². The van der Waals surface area contributed by atoms with E-state index >= 15 is 0 Å². The van der Waals surface area contributed by atoms with Gasteiger partial charge in [-0.05, 0) is 25.5 Å². The van der Waals surface area contributed by atoms with Crippen molar-refractivity contribution >= 4 is 11.3 Å². The van der Waals surface area contributed by atoms with Crippen molar-refractivity contribution in [3.63, 3.8) is 0 Å². The fourth-order valence-electron chi connectivity index (χ4n) is 2.13. The summed E-state index contributed by atoms with van der Waals surface area (Å²) in [6.07, 6.45) is -4.42. The van der Waals surface area contributed by atoms with Crippen LogP contribution < -0.4 is 11.3 Å². The molecule has 0 aliphatic rings. The van der Waals surface area contributed by atoms with E-state index in [4.69, 9.17) is 5.84 Å². The van der Waals surface area contributed by atoms with E-state index in [-0.39, 0.29) is 5.56 Å². The number of nitrogens with two attached hydrogens (primary N) is 1. The molecule has 3 N–H and O–H groups in total. The highest BCUT2D eigenvalue weighted by molar-refractivity contribution is 7.11. The lowest BCUT2D eigenvalue weighted by Crippen LogP contribution is -2.30. The Morgan fingerprint density at radius 2 is 1.90 bits per heavy atom. The first-order valence-electron chi connectivity index (χ1n) is 5.90. The molecular weight excluding hydrogens is 287 g/mol. The van der Waals surface area contributed by atoms with Gasteiger partial charge in [-0.2, -0.15) is 13.2 Å². The molecule has 0 saturated carbocycles. The Balaban J connectivity index is 2.56. The summed E-state index contributed by atoms with van der Waals surface area (Å²) in [6.45, 7) is 3.57. The molecule has 1 aromatic heterocycles. The smallest absolute Gasteiger partial charge is 0.271 e. The molecule has 1 unspecified atom stereocenters. The molecule has 2 rings (SSSR count). The molecule has 1 heterocycles. The van der Waals surface area contributed by atoms with E-state index < -0.39 is 17.8 Å². The number of aromatic nitrogens is 1. The van der Waals surface area contributed by atoms with Gasteiger partial charge in [-0.25, -0.2) is 10.4 Å². The Hall–Kier alpha value is -1.44. The van der Waals surface area contributed by atoms with Crippen LogP contribution in [0.2, 0.25) is 0 Å². The number of alkyl halides is 3. The standard InChI is InChI=1S/C13H14F3N3S/c1-7-12(20-8(2)18-7)11(19-17)9-5-3-4-6-10(9)13(14,15)16/h3-6,11,19H,17H2,1-2H3. The van der Waals surface area contributed by atoms with Gasteiger partial charge in [0.15, 0.2) is 0 Å². The number of nitrogens with zero attached hydrogens (tertiary/aromatic N) is 1. The van der Waals surface area contributed by atoms with Crippen molar-refractivity contribution in [2.24, 2.45) is 5.84 Å². The topological polar surface area (TPSA) is 50.9 Å². The molecule has 0 fully saturated rings. The van der Waals surface area contributed by atoms with Crippen LogP contribution in [0.25, 0.3) is 0 Å². The number of rotatable bonds is 3. The van der Waals surface area contributed by atoms with Crippen molar-refractivity contribution in [1.29, 1.82) is 0 Å². The zero-order valence-electron chi connectivity index (χ0n) is 11.0. The number of nitrogens with one attached hydrogen (secondary N) is 1. The van der Waals surface area contributed by atoms with Gasteiger partial charge in [0, 0.05) is 0 Å². The molecular formula is C13H14F3N3S. The average molecular weight is 301 g/mol. The van der Waals surface area contributed by atoms with Gasteiger partial charge in [-0.3, -0.25) is 5.84 Å². The van der Waals surface area contributed by atoms with Gasteiger partial charge in [0.2, 0.25) is 0 Å². The SMILES string of the molecule is Cc1nc(C)c(C(NN)c2ccccc2C(F)(F)F)s1. The molecule has 2 aromatic rings. The molecule has 0 spiro atoms. The Morgan fingerprint density at radius 3 is 2.40 bits per heavy atom. The van der Waals surface area contributed by atoms with E-state index in [9.17, 15) is 13.2 Å². The van der Waals surface area contributed by atoms with E-state index in [0.29, 0.717) is 10.6 Å². The van der Waals surface area contributed by atoms with Gasteiger partial charge in [-0.1, -0.05) is 18.2 Å². The fraction of sp³-hybridized carbons (Fsp3) is 0.308. The van der Waals surface area contributed by atoms with Crippen LogP contribution in [0.15, 0.2) is 24.3 Å². The van der Waals surface area contributed by atoms with Crippen molar-refractivity contribution in [3.8, 4) is 0 Å². The van der Waals surface area contributed by atoms with Gasteiger partial charge >= 0.3 is 6.18 Å². The molecule has 0 aliphatic heterocycles. The Morgan fingerprint density at radius 1 is 1.25 bits per heavy atom. The van der Waals surface area contributed by atoms with E-state index in [1.165, 1.54) is 23.5 Å². The van der Waals surface area contributed by atoms with E-state index in [1.807, 2.05) is 6.92 Å². The van der Waals surface area contributed by atoms with Crippen LogP contribution in [-0.2, 0) is 6.18 Å². The molecule has 0 amide bonds. The molecule has 1 atom stereocenters. The van der Waals surface area contributed by atoms with Crippen molar-refractivity contribution in [2.75, 3.05) is 0 Å². The molecule has 3 nitrogen and oxygen atoms in total. The lowest BCUT2D eigenvalue weighted by atomic mass is 9.98. The highest BCUT2D eigenvalue weighted by atomic mass is 32.1. The molecule has 7 heteroatoms. The normalized spacial score (nSPS) is 13.5. The summed E-state index contributed by atoms with van der Waals surface area (Å²) in [5, 5.41) is 0.794. The first-order chi connectivity index (χ1) is 9.34. The Bertz CT molecular complexity index is 607. The molecule has 0 bridgehead atoms. The highest BCUT2D eigenvalue weighted by Crippen LogP contribution is 2.38. The third kappa shape index (κ3) is 2.84. The van der Waals surface area contributed by atoms with Gasteiger partial charge in [0.05, 0.1) is 27.2 Å². The number of halogens is 3. The van der Waals surface area contributed by atoms with Crippen LogP contribution in [0.5, 0.6) is 0 Å². The summed E-state index contributed by atoms with van der Waals surface area (Å²) in [7, 11) is 0. The van der Waals surface area contributed by atoms with Crippen LogP contribution in [0.4, 0.5) is 13.2 Å². The van der Waals surface area contributed by atoms with E-state index in [2.05, 4.69) is 10.4 Å². The van der Waals surface area contributed by atoms with Gasteiger partial charge < -0.3 is 0 Å². The lowest BCUT2D eigenvalue weighted by Gasteiger charge is -2.20. The van der Waals surface area contributed by atoms with Crippen LogP contribution in [-0.4, -0.2) is 4.98 Å². The molecule has 0 aliphatic carbocycles. The minimum atomic E-state index is -4.42. The maximum absolute atomic E-state index is 13.1. The zero-order chi connectivity index (χ0) is 14.9. The van der Waals surface area contributed by atoms with Gasteiger partial charge in [-0.15, -0.1) is 11.3 Å². The average Bonchev–Trinajstić information content (AvgIpc) is 2.69. The number of benzene rings is 1. The maximum Gasteiger partial charge on any atom is 0.416 e. The molecule has 0 saturated heterocycles. The maximum atomic E-state index is 13.1. The van der Waals surface area contributed by atoms with Gasteiger partial charge in [0.25, 0.3) is 0 Å². The summed E-state index contributed by atoms with van der Waals surface area (Å²) in [5.74, 6) is 5.49. The summed E-state index contributed by atoms with van der Waals surface area (Å²) in [4.78, 5) is 4.94. The third-order valence-corrected chi connectivity index (χ3v) is 4.08. The predicted octanol–water partition coefficient (Wildman–Crippen LogP) is 3.33. The zero-order valence-corrected chi connectivity index (χ0v) is 11.8. The number of hydrogen-bond donors (Lipinski definition) is 2. The minimum Gasteiger partial charge on any atom is -0.271 e. The number of hydrogen-bond acceptors (Lipinski definition) is 4. The van der Waals surface area contributed by atoms with Crippen LogP contribution >= 0.6 is 11.3 Å². The predicted molar refractivity (Wildman–Crippen MR) is 72.2 cm³/mol. The second-order valence-electron chi connectivity index (χ2n) is 4.37. The van der Waals surface area contributed by atoms with Crippen molar-refractivity contribution in [2.45, 2.75) is 26.1 Å². The molecule has 108 valence electrons. The fourth-order valence-corrected chi connectivity index (χ4v) is 3.14.